The topological polar surface area (TPSA) is 20.3 Å². The number of amides is 1. The number of anilines is 1. The van der Waals surface area contributed by atoms with Crippen LogP contribution in [0.3, 0.4) is 0 Å². The Morgan fingerprint density at radius 1 is 1.13 bits per heavy atom. The minimum atomic E-state index is -0.103. The first kappa shape index (κ1) is 16.2. The van der Waals surface area contributed by atoms with Crippen molar-refractivity contribution >= 4 is 57.6 Å². The number of rotatable bonds is 2. The summed E-state index contributed by atoms with van der Waals surface area (Å²) in [6.45, 7) is 4.02. The molecule has 23 heavy (non-hydrogen) atoms. The summed E-state index contributed by atoms with van der Waals surface area (Å²) in [4.78, 5) is 15.0. The first-order chi connectivity index (χ1) is 11.0. The first-order valence-corrected chi connectivity index (χ1v) is 8.68. The summed E-state index contributed by atoms with van der Waals surface area (Å²) < 4.78 is 0.544. The normalized spacial score (nSPS) is 16.5. The van der Waals surface area contributed by atoms with Gasteiger partial charge in [0.05, 0.1) is 10.6 Å². The molecular weight excluding hydrogens is 346 g/mol. The van der Waals surface area contributed by atoms with Crippen LogP contribution in [0.25, 0.3) is 6.08 Å². The van der Waals surface area contributed by atoms with Crippen molar-refractivity contribution in [2.75, 3.05) is 4.90 Å². The summed E-state index contributed by atoms with van der Waals surface area (Å²) in [5.74, 6) is -0.103. The maximum Gasteiger partial charge on any atom is 0.270 e. The third-order valence-corrected chi connectivity index (χ3v) is 5.45. The van der Waals surface area contributed by atoms with Gasteiger partial charge in [0.2, 0.25) is 0 Å². The predicted octanol–water partition coefficient (Wildman–Crippen LogP) is 5.36. The zero-order chi connectivity index (χ0) is 16.6. The molecule has 0 aliphatic carbocycles. The summed E-state index contributed by atoms with van der Waals surface area (Å²) >= 11 is 12.9. The van der Waals surface area contributed by atoms with Crippen LogP contribution in [0, 0.1) is 13.8 Å². The Morgan fingerprint density at radius 2 is 1.87 bits per heavy atom. The molecule has 5 heteroatoms. The van der Waals surface area contributed by atoms with Crippen LogP contribution in [0.4, 0.5) is 5.69 Å². The number of carbonyl (C=O) groups excluding carboxylic acids is 1. The predicted molar refractivity (Wildman–Crippen MR) is 103 cm³/mol. The molecule has 0 saturated carbocycles. The second-order valence-electron chi connectivity index (χ2n) is 5.26. The van der Waals surface area contributed by atoms with E-state index in [9.17, 15) is 4.79 Å². The highest BCUT2D eigenvalue weighted by molar-refractivity contribution is 8.27. The standard InChI is InChI=1S/C18H14ClNOS2/c1-11-6-5-9-15(12(11)2)20-17(21)16(23-18(20)22)10-13-7-3-4-8-14(13)19/h3-10H,1-2H3/b16-10-. The average molecular weight is 360 g/mol. The fourth-order valence-corrected chi connectivity index (χ4v) is 3.85. The van der Waals surface area contributed by atoms with Gasteiger partial charge in [-0.25, -0.2) is 0 Å². The summed E-state index contributed by atoms with van der Waals surface area (Å²) in [6, 6.07) is 13.3. The quantitative estimate of drug-likeness (QED) is 0.531. The molecule has 0 N–H and O–H groups in total. The average Bonchev–Trinajstić information content (AvgIpc) is 2.79. The van der Waals surface area contributed by atoms with E-state index in [2.05, 4.69) is 0 Å². The lowest BCUT2D eigenvalue weighted by Gasteiger charge is -2.18. The monoisotopic (exact) mass is 359 g/mol. The van der Waals surface area contributed by atoms with Crippen molar-refractivity contribution in [2.24, 2.45) is 0 Å². The van der Waals surface area contributed by atoms with Crippen molar-refractivity contribution in [1.82, 2.24) is 0 Å². The number of hydrogen-bond donors (Lipinski definition) is 0. The summed E-state index contributed by atoms with van der Waals surface area (Å²) in [5, 5.41) is 0.615. The Morgan fingerprint density at radius 3 is 2.61 bits per heavy atom. The first-order valence-electron chi connectivity index (χ1n) is 7.08. The van der Waals surface area contributed by atoms with Crippen molar-refractivity contribution in [3.05, 3.63) is 69.1 Å². The molecule has 1 aliphatic rings. The molecule has 0 aromatic heterocycles. The minimum Gasteiger partial charge on any atom is -0.268 e. The van der Waals surface area contributed by atoms with E-state index in [1.54, 1.807) is 17.0 Å². The van der Waals surface area contributed by atoms with Crippen molar-refractivity contribution in [2.45, 2.75) is 13.8 Å². The van der Waals surface area contributed by atoms with E-state index in [1.807, 2.05) is 50.2 Å². The highest BCUT2D eigenvalue weighted by atomic mass is 35.5. The number of nitrogens with zero attached hydrogens (tertiary/aromatic N) is 1. The summed E-state index contributed by atoms with van der Waals surface area (Å²) in [5.41, 5.74) is 3.85. The van der Waals surface area contributed by atoms with Gasteiger partial charge in [-0.3, -0.25) is 9.69 Å². The number of halogens is 1. The van der Waals surface area contributed by atoms with E-state index in [0.717, 1.165) is 22.4 Å². The molecule has 2 nitrogen and oxygen atoms in total. The Labute approximate surface area is 150 Å². The molecule has 1 amide bonds. The zero-order valence-corrected chi connectivity index (χ0v) is 15.1. The lowest BCUT2D eigenvalue weighted by molar-refractivity contribution is -0.113. The molecule has 0 atom stereocenters. The molecule has 1 fully saturated rings. The number of thioether (sulfide) groups is 1. The SMILES string of the molecule is Cc1cccc(N2C(=O)/C(=C/c3ccccc3Cl)SC2=S)c1C. The highest BCUT2D eigenvalue weighted by Crippen LogP contribution is 2.38. The Hall–Kier alpha value is -1.62. The van der Waals surface area contributed by atoms with Crippen molar-refractivity contribution in [3.63, 3.8) is 0 Å². The van der Waals surface area contributed by atoms with Crippen LogP contribution in [-0.2, 0) is 4.79 Å². The Balaban J connectivity index is 2.01. The lowest BCUT2D eigenvalue weighted by Crippen LogP contribution is -2.28. The lowest BCUT2D eigenvalue weighted by atomic mass is 10.1. The van der Waals surface area contributed by atoms with Crippen molar-refractivity contribution < 1.29 is 4.79 Å². The van der Waals surface area contributed by atoms with Crippen LogP contribution in [0.2, 0.25) is 5.02 Å². The van der Waals surface area contributed by atoms with Crippen LogP contribution >= 0.6 is 35.6 Å². The van der Waals surface area contributed by atoms with Gasteiger partial charge in [0, 0.05) is 5.02 Å². The van der Waals surface area contributed by atoms with E-state index in [-0.39, 0.29) is 5.91 Å². The van der Waals surface area contributed by atoms with Gasteiger partial charge in [-0.1, -0.05) is 65.9 Å². The van der Waals surface area contributed by atoms with E-state index in [4.69, 9.17) is 23.8 Å². The summed E-state index contributed by atoms with van der Waals surface area (Å²) in [7, 11) is 0. The molecule has 0 bridgehead atoms. The smallest absolute Gasteiger partial charge is 0.268 e. The molecule has 116 valence electrons. The van der Waals surface area contributed by atoms with Gasteiger partial charge in [-0.2, -0.15) is 0 Å². The molecule has 1 aliphatic heterocycles. The number of aryl methyl sites for hydroxylation is 1. The zero-order valence-electron chi connectivity index (χ0n) is 12.7. The molecule has 3 rings (SSSR count). The molecule has 2 aromatic carbocycles. The van der Waals surface area contributed by atoms with Gasteiger partial charge < -0.3 is 0 Å². The molecule has 0 spiro atoms. The van der Waals surface area contributed by atoms with Gasteiger partial charge in [-0.05, 0) is 48.7 Å². The van der Waals surface area contributed by atoms with Crippen LogP contribution in [-0.4, -0.2) is 10.2 Å². The number of benzene rings is 2. The molecule has 0 radical (unpaired) electrons. The van der Waals surface area contributed by atoms with E-state index < -0.39 is 0 Å². The van der Waals surface area contributed by atoms with Gasteiger partial charge in [0.15, 0.2) is 4.32 Å². The van der Waals surface area contributed by atoms with E-state index in [0.29, 0.717) is 14.2 Å². The van der Waals surface area contributed by atoms with E-state index in [1.165, 1.54) is 11.8 Å². The second kappa shape index (κ2) is 6.48. The largest absolute Gasteiger partial charge is 0.270 e. The van der Waals surface area contributed by atoms with Gasteiger partial charge in [0.1, 0.15) is 0 Å². The molecule has 0 unspecified atom stereocenters. The molecular formula is C18H14ClNOS2. The third-order valence-electron chi connectivity index (χ3n) is 3.80. The maximum atomic E-state index is 12.8. The van der Waals surface area contributed by atoms with Crippen LogP contribution < -0.4 is 4.90 Å². The number of thiocarbonyl (C=S) groups is 1. The third kappa shape index (κ3) is 3.07. The second-order valence-corrected chi connectivity index (χ2v) is 7.34. The van der Waals surface area contributed by atoms with E-state index >= 15 is 0 Å². The number of hydrogen-bond acceptors (Lipinski definition) is 3. The van der Waals surface area contributed by atoms with Crippen LogP contribution in [0.15, 0.2) is 47.4 Å². The van der Waals surface area contributed by atoms with Crippen molar-refractivity contribution in [1.29, 1.82) is 0 Å². The number of carbonyl (C=O) groups is 1. The fraction of sp³-hybridized carbons (Fsp3) is 0.111. The Bertz CT molecular complexity index is 845. The van der Waals surface area contributed by atoms with Gasteiger partial charge in [-0.15, -0.1) is 0 Å². The van der Waals surface area contributed by atoms with Gasteiger partial charge in [0.25, 0.3) is 5.91 Å². The fourth-order valence-electron chi connectivity index (χ4n) is 2.39. The molecule has 1 saturated heterocycles. The maximum absolute atomic E-state index is 12.8. The van der Waals surface area contributed by atoms with Gasteiger partial charge >= 0.3 is 0 Å². The van der Waals surface area contributed by atoms with Crippen LogP contribution in [0.5, 0.6) is 0 Å². The summed E-state index contributed by atoms with van der Waals surface area (Å²) in [6.07, 6.45) is 1.80. The molecule has 2 aromatic rings. The highest BCUT2D eigenvalue weighted by Gasteiger charge is 2.34. The molecule has 1 heterocycles. The van der Waals surface area contributed by atoms with Crippen molar-refractivity contribution in [3.8, 4) is 0 Å². The van der Waals surface area contributed by atoms with Crippen LogP contribution in [0.1, 0.15) is 16.7 Å². The minimum absolute atomic E-state index is 0.103. The Kier molecular flexibility index (Phi) is 4.57.